The number of nitrogens with two attached hydrogens (primary N) is 3. The molecule has 14 nitrogen and oxygen atoms in total. The molecule has 0 saturated carbocycles. The first kappa shape index (κ1) is 29.8. The molecular formula is C22H32N6O8. The van der Waals surface area contributed by atoms with Crippen molar-refractivity contribution in [1.29, 1.82) is 0 Å². The molecule has 14 heteroatoms. The molecule has 0 spiro atoms. The maximum Gasteiger partial charge on any atom is 0.326 e. The van der Waals surface area contributed by atoms with E-state index in [1.54, 1.807) is 0 Å². The van der Waals surface area contributed by atoms with Gasteiger partial charge in [0, 0.05) is 19.3 Å². The molecule has 1 rings (SSSR count). The number of rotatable bonds is 15. The molecule has 0 fully saturated rings. The average molecular weight is 509 g/mol. The Hall–Kier alpha value is -4.20. The Morgan fingerprint density at radius 3 is 1.69 bits per heavy atom. The van der Waals surface area contributed by atoms with Crippen molar-refractivity contribution in [2.24, 2.45) is 17.2 Å². The highest BCUT2D eigenvalue weighted by Crippen LogP contribution is 2.12. The van der Waals surface area contributed by atoms with Crippen LogP contribution in [0, 0.1) is 0 Å². The summed E-state index contributed by atoms with van der Waals surface area (Å²) >= 11 is 0. The van der Waals surface area contributed by atoms with E-state index in [0.717, 1.165) is 0 Å². The second-order valence-electron chi connectivity index (χ2n) is 8.19. The summed E-state index contributed by atoms with van der Waals surface area (Å²) in [5, 5.41) is 26.0. The van der Waals surface area contributed by atoms with Crippen molar-refractivity contribution >= 4 is 35.5 Å². The van der Waals surface area contributed by atoms with E-state index in [1.165, 1.54) is 31.2 Å². The Balaban J connectivity index is 3.16. The van der Waals surface area contributed by atoms with Crippen molar-refractivity contribution in [3.8, 4) is 5.75 Å². The molecule has 1 aromatic rings. The molecule has 198 valence electrons. The molecule has 5 amide bonds. The fourth-order valence-electron chi connectivity index (χ4n) is 3.02. The molecule has 0 aromatic heterocycles. The Bertz CT molecular complexity index is 966. The number of hydrogen-bond acceptors (Lipinski definition) is 8. The number of phenolic OH excluding ortho intramolecular Hbond substituents is 1. The molecule has 11 N–H and O–H groups in total. The van der Waals surface area contributed by atoms with Crippen molar-refractivity contribution in [3.63, 3.8) is 0 Å². The first-order chi connectivity index (χ1) is 16.8. The van der Waals surface area contributed by atoms with Crippen LogP contribution in [0.4, 0.5) is 0 Å². The first-order valence-electron chi connectivity index (χ1n) is 11.0. The monoisotopic (exact) mass is 508 g/mol. The third kappa shape index (κ3) is 10.8. The Kier molecular flexibility index (Phi) is 11.8. The van der Waals surface area contributed by atoms with Crippen LogP contribution in [0.15, 0.2) is 24.3 Å². The maximum absolute atomic E-state index is 13.0. The molecule has 0 radical (unpaired) electrons. The van der Waals surface area contributed by atoms with Gasteiger partial charge in [0.15, 0.2) is 0 Å². The number of hydrogen-bond donors (Lipinski definition) is 8. The number of carbonyl (C=O) groups excluding carboxylic acids is 5. The Morgan fingerprint density at radius 1 is 0.778 bits per heavy atom. The van der Waals surface area contributed by atoms with Gasteiger partial charge < -0.3 is 43.4 Å². The molecule has 0 aliphatic heterocycles. The largest absolute Gasteiger partial charge is 0.508 e. The van der Waals surface area contributed by atoms with Crippen molar-refractivity contribution in [1.82, 2.24) is 16.0 Å². The summed E-state index contributed by atoms with van der Waals surface area (Å²) in [4.78, 5) is 71.8. The van der Waals surface area contributed by atoms with Gasteiger partial charge in [-0.25, -0.2) is 4.79 Å². The average Bonchev–Trinajstić information content (AvgIpc) is 2.79. The summed E-state index contributed by atoms with van der Waals surface area (Å²) in [7, 11) is 0. The number of benzene rings is 1. The second-order valence-corrected chi connectivity index (χ2v) is 8.19. The SMILES string of the molecule is CC(N)C(=O)NC(CCC(N)=O)C(=O)NC(Cc1ccc(O)cc1)C(=O)NC(CCC(N)=O)C(=O)O. The topological polar surface area (TPSA) is 257 Å². The minimum Gasteiger partial charge on any atom is -0.508 e. The van der Waals surface area contributed by atoms with Gasteiger partial charge in [-0.3, -0.25) is 24.0 Å². The van der Waals surface area contributed by atoms with Crippen LogP contribution in [0.1, 0.15) is 38.2 Å². The van der Waals surface area contributed by atoms with Gasteiger partial charge in [-0.1, -0.05) is 12.1 Å². The minimum absolute atomic E-state index is 0.0358. The zero-order valence-corrected chi connectivity index (χ0v) is 19.7. The maximum atomic E-state index is 13.0. The van der Waals surface area contributed by atoms with E-state index in [-0.39, 0.29) is 37.9 Å². The van der Waals surface area contributed by atoms with Gasteiger partial charge in [0.25, 0.3) is 0 Å². The van der Waals surface area contributed by atoms with Crippen molar-refractivity contribution in [3.05, 3.63) is 29.8 Å². The lowest BCUT2D eigenvalue weighted by Gasteiger charge is -2.25. The third-order valence-electron chi connectivity index (χ3n) is 5.03. The lowest BCUT2D eigenvalue weighted by atomic mass is 10.0. The van der Waals surface area contributed by atoms with Crippen LogP contribution < -0.4 is 33.2 Å². The van der Waals surface area contributed by atoms with E-state index in [4.69, 9.17) is 17.2 Å². The predicted molar refractivity (Wildman–Crippen MR) is 126 cm³/mol. The van der Waals surface area contributed by atoms with Crippen LogP contribution in [0.2, 0.25) is 0 Å². The van der Waals surface area contributed by atoms with Gasteiger partial charge >= 0.3 is 5.97 Å². The van der Waals surface area contributed by atoms with Gasteiger partial charge in [-0.15, -0.1) is 0 Å². The quantitative estimate of drug-likeness (QED) is 0.123. The minimum atomic E-state index is -1.47. The number of carboxylic acid groups (broad SMARTS) is 1. The van der Waals surface area contributed by atoms with Gasteiger partial charge in [0.1, 0.15) is 23.9 Å². The molecule has 4 unspecified atom stereocenters. The molecule has 0 heterocycles. The number of carboxylic acids is 1. The molecular weight excluding hydrogens is 476 g/mol. The highest BCUT2D eigenvalue weighted by Gasteiger charge is 2.30. The standard InChI is InChI=1S/C22H32N6O8/c1-11(23)19(32)26-14(6-8-17(24)30)20(33)28-16(10-12-2-4-13(29)5-3-12)21(34)27-15(22(35)36)7-9-18(25)31/h2-5,11,14-16,29H,6-10,23H2,1H3,(H2,24,30)(H2,25,31)(H,26,32)(H,27,34)(H,28,33)(H,35,36). The summed E-state index contributed by atoms with van der Waals surface area (Å²) in [5.41, 5.74) is 16.2. The van der Waals surface area contributed by atoms with Crippen LogP contribution in [-0.4, -0.2) is 69.9 Å². The van der Waals surface area contributed by atoms with E-state index in [0.29, 0.717) is 5.56 Å². The summed E-state index contributed by atoms with van der Waals surface area (Å²) in [5.74, 6) is -5.34. The van der Waals surface area contributed by atoms with E-state index < -0.39 is 59.7 Å². The van der Waals surface area contributed by atoms with Gasteiger partial charge in [0.05, 0.1) is 6.04 Å². The normalized spacial score (nSPS) is 13.9. The zero-order chi connectivity index (χ0) is 27.4. The van der Waals surface area contributed by atoms with Crippen molar-refractivity contribution in [2.45, 2.75) is 63.2 Å². The van der Waals surface area contributed by atoms with Crippen LogP contribution in [-0.2, 0) is 35.2 Å². The van der Waals surface area contributed by atoms with E-state index in [1.807, 2.05) is 0 Å². The predicted octanol–water partition coefficient (Wildman–Crippen LogP) is -2.65. The summed E-state index contributed by atoms with van der Waals surface area (Å²) in [6.07, 6.45) is -1.12. The van der Waals surface area contributed by atoms with E-state index >= 15 is 0 Å². The number of aliphatic carboxylic acids is 1. The number of carbonyl (C=O) groups is 6. The van der Waals surface area contributed by atoms with E-state index in [2.05, 4.69) is 16.0 Å². The number of primary amides is 2. The Morgan fingerprint density at radius 2 is 1.22 bits per heavy atom. The summed E-state index contributed by atoms with van der Waals surface area (Å²) in [6, 6.07) is 0.670. The van der Waals surface area contributed by atoms with Crippen molar-refractivity contribution < 1.29 is 39.0 Å². The molecule has 0 aliphatic rings. The van der Waals surface area contributed by atoms with Gasteiger partial charge in [-0.2, -0.15) is 0 Å². The van der Waals surface area contributed by atoms with Gasteiger partial charge in [-0.05, 0) is 37.5 Å². The first-order valence-corrected chi connectivity index (χ1v) is 11.0. The number of amides is 5. The second kappa shape index (κ2) is 14.3. The zero-order valence-electron chi connectivity index (χ0n) is 19.7. The van der Waals surface area contributed by atoms with Crippen LogP contribution in [0.5, 0.6) is 5.75 Å². The van der Waals surface area contributed by atoms with Gasteiger partial charge in [0.2, 0.25) is 29.5 Å². The van der Waals surface area contributed by atoms with Crippen LogP contribution in [0.25, 0.3) is 0 Å². The summed E-state index contributed by atoms with van der Waals surface area (Å²) in [6.45, 7) is 1.39. The lowest BCUT2D eigenvalue weighted by Crippen LogP contribution is -2.57. The fourth-order valence-corrected chi connectivity index (χ4v) is 3.02. The van der Waals surface area contributed by atoms with Crippen LogP contribution in [0.3, 0.4) is 0 Å². The van der Waals surface area contributed by atoms with E-state index in [9.17, 15) is 39.0 Å². The lowest BCUT2D eigenvalue weighted by molar-refractivity contribution is -0.142. The molecule has 0 saturated heterocycles. The molecule has 4 atom stereocenters. The number of nitrogens with one attached hydrogen (secondary N) is 3. The summed E-state index contributed by atoms with van der Waals surface area (Å²) < 4.78 is 0. The number of aromatic hydroxyl groups is 1. The fraction of sp³-hybridized carbons (Fsp3) is 0.455. The molecule has 1 aromatic carbocycles. The van der Waals surface area contributed by atoms with Crippen molar-refractivity contribution in [2.75, 3.05) is 0 Å². The Labute approximate surface area is 206 Å². The highest BCUT2D eigenvalue weighted by molar-refractivity contribution is 5.94. The highest BCUT2D eigenvalue weighted by atomic mass is 16.4. The third-order valence-corrected chi connectivity index (χ3v) is 5.03. The number of phenols is 1. The molecule has 36 heavy (non-hydrogen) atoms. The molecule has 0 aliphatic carbocycles. The molecule has 0 bridgehead atoms. The van der Waals surface area contributed by atoms with Crippen LogP contribution >= 0.6 is 0 Å². The smallest absolute Gasteiger partial charge is 0.326 e.